The van der Waals surface area contributed by atoms with E-state index in [0.717, 1.165) is 25.7 Å². The van der Waals surface area contributed by atoms with Crippen molar-refractivity contribution in [2.45, 2.75) is 43.5 Å². The molecule has 0 aliphatic heterocycles. The van der Waals surface area contributed by atoms with Crippen LogP contribution in [-0.2, 0) is 10.0 Å². The third-order valence-electron chi connectivity index (χ3n) is 4.17. The molecule has 2 rings (SSSR count). The maximum atomic E-state index is 12.6. The van der Waals surface area contributed by atoms with Crippen molar-refractivity contribution in [1.29, 1.82) is 5.26 Å². The molecule has 1 atom stereocenters. The zero-order valence-electron chi connectivity index (χ0n) is 12.6. The van der Waals surface area contributed by atoms with Crippen molar-refractivity contribution in [3.8, 4) is 6.07 Å². The van der Waals surface area contributed by atoms with Crippen LogP contribution in [0.4, 0.5) is 0 Å². The van der Waals surface area contributed by atoms with Crippen molar-refractivity contribution >= 4 is 22.4 Å². The number of rotatable bonds is 5. The van der Waals surface area contributed by atoms with E-state index < -0.39 is 10.0 Å². The summed E-state index contributed by atoms with van der Waals surface area (Å²) in [6.45, 7) is 2.01. The van der Waals surface area contributed by atoms with Gasteiger partial charge in [-0.05, 0) is 37.3 Å². The van der Waals surface area contributed by atoms with Gasteiger partial charge >= 0.3 is 0 Å². The molecule has 0 saturated heterocycles. The summed E-state index contributed by atoms with van der Waals surface area (Å²) in [7, 11) is -3.73. The first-order valence-corrected chi connectivity index (χ1v) is 8.70. The Morgan fingerprint density at radius 2 is 2.05 bits per heavy atom. The van der Waals surface area contributed by atoms with Gasteiger partial charge in [0.15, 0.2) is 0 Å². The second-order valence-corrected chi connectivity index (χ2v) is 7.25. The summed E-state index contributed by atoms with van der Waals surface area (Å²) in [5.74, 6) is 0.292. The number of nitriles is 1. The highest BCUT2D eigenvalue weighted by Gasteiger charge is 2.29. The first kappa shape index (κ1) is 18.9. The predicted molar refractivity (Wildman–Crippen MR) is 88.3 cm³/mol. The summed E-state index contributed by atoms with van der Waals surface area (Å²) in [6, 6.07) is 6.57. The molecule has 1 aliphatic rings. The number of halogens is 1. The quantitative estimate of drug-likeness (QED) is 0.855. The maximum absolute atomic E-state index is 12.6. The molecule has 1 unspecified atom stereocenters. The van der Waals surface area contributed by atoms with Gasteiger partial charge in [0.1, 0.15) is 11.0 Å². The molecular weight excluding hydrogens is 322 g/mol. The second kappa shape index (κ2) is 7.93. The lowest BCUT2D eigenvalue weighted by molar-refractivity contribution is 0.405. The van der Waals surface area contributed by atoms with Crippen molar-refractivity contribution in [3.63, 3.8) is 0 Å². The summed E-state index contributed by atoms with van der Waals surface area (Å²) in [5.41, 5.74) is 6.61. The number of aryl methyl sites for hydroxylation is 1. The average molecular weight is 344 g/mol. The predicted octanol–water partition coefficient (Wildman–Crippen LogP) is 2.08. The lowest BCUT2D eigenvalue weighted by Gasteiger charge is -2.23. The van der Waals surface area contributed by atoms with Crippen LogP contribution in [0.25, 0.3) is 0 Å². The van der Waals surface area contributed by atoms with Crippen molar-refractivity contribution < 1.29 is 8.42 Å². The molecule has 7 heteroatoms. The molecule has 0 heterocycles. The standard InChI is InChI=1S/C15H21N3O2S.ClH/c1-11-5-4-8-15(13(11)9-16)21(19,20)18-14(10-17)12-6-2-3-7-12;/h4-5,8,12,14,18H,2-3,6-7,10,17H2,1H3;1H. The number of nitrogens with zero attached hydrogens (tertiary/aromatic N) is 1. The van der Waals surface area contributed by atoms with Gasteiger partial charge in [-0.1, -0.05) is 25.0 Å². The molecule has 0 bridgehead atoms. The normalized spacial score (nSPS) is 16.8. The Kier molecular flexibility index (Phi) is 6.82. The molecule has 3 N–H and O–H groups in total. The Labute approximate surface area is 138 Å². The molecule has 122 valence electrons. The van der Waals surface area contributed by atoms with Crippen LogP contribution in [0, 0.1) is 24.2 Å². The van der Waals surface area contributed by atoms with Gasteiger partial charge in [-0.2, -0.15) is 5.26 Å². The number of sulfonamides is 1. The van der Waals surface area contributed by atoms with E-state index in [-0.39, 0.29) is 35.5 Å². The van der Waals surface area contributed by atoms with Crippen LogP contribution < -0.4 is 10.5 Å². The third kappa shape index (κ3) is 3.99. The molecule has 1 aromatic carbocycles. The fourth-order valence-electron chi connectivity index (χ4n) is 2.97. The molecule has 0 radical (unpaired) electrons. The average Bonchev–Trinajstić information content (AvgIpc) is 2.98. The van der Waals surface area contributed by atoms with Gasteiger partial charge in [-0.15, -0.1) is 12.4 Å². The van der Waals surface area contributed by atoms with E-state index in [1.54, 1.807) is 19.1 Å². The molecule has 0 aromatic heterocycles. The van der Waals surface area contributed by atoms with Crippen molar-refractivity contribution in [2.24, 2.45) is 11.7 Å². The summed E-state index contributed by atoms with van der Waals surface area (Å²) in [6.07, 6.45) is 4.25. The van der Waals surface area contributed by atoms with E-state index >= 15 is 0 Å². The minimum atomic E-state index is -3.73. The number of nitrogens with two attached hydrogens (primary N) is 1. The summed E-state index contributed by atoms with van der Waals surface area (Å²) >= 11 is 0. The van der Waals surface area contributed by atoms with Crippen LogP contribution >= 0.6 is 12.4 Å². The van der Waals surface area contributed by atoms with Crippen LogP contribution in [0.2, 0.25) is 0 Å². The van der Waals surface area contributed by atoms with Gasteiger partial charge < -0.3 is 5.73 Å². The molecule has 1 aliphatic carbocycles. The van der Waals surface area contributed by atoms with Crippen LogP contribution in [0.15, 0.2) is 23.1 Å². The summed E-state index contributed by atoms with van der Waals surface area (Å²) in [5, 5.41) is 9.20. The van der Waals surface area contributed by atoms with Crippen LogP contribution in [0.3, 0.4) is 0 Å². The Morgan fingerprint density at radius 3 is 2.59 bits per heavy atom. The van der Waals surface area contributed by atoms with E-state index in [1.807, 2.05) is 6.07 Å². The SMILES string of the molecule is Cc1cccc(S(=O)(=O)NC(CN)C2CCCC2)c1C#N.Cl. The largest absolute Gasteiger partial charge is 0.329 e. The molecule has 1 fully saturated rings. The highest BCUT2D eigenvalue weighted by Crippen LogP contribution is 2.28. The highest BCUT2D eigenvalue weighted by molar-refractivity contribution is 7.89. The minimum absolute atomic E-state index is 0. The zero-order chi connectivity index (χ0) is 15.5. The van der Waals surface area contributed by atoms with E-state index in [9.17, 15) is 13.7 Å². The van der Waals surface area contributed by atoms with E-state index in [1.165, 1.54) is 6.07 Å². The number of hydrogen-bond donors (Lipinski definition) is 2. The molecule has 0 amide bonds. The summed E-state index contributed by atoms with van der Waals surface area (Å²) < 4.78 is 27.8. The van der Waals surface area contributed by atoms with Crippen LogP contribution in [0.1, 0.15) is 36.8 Å². The van der Waals surface area contributed by atoms with Gasteiger partial charge in [0.25, 0.3) is 0 Å². The fourth-order valence-corrected chi connectivity index (χ4v) is 4.51. The Morgan fingerprint density at radius 1 is 1.41 bits per heavy atom. The number of hydrogen-bond acceptors (Lipinski definition) is 4. The van der Waals surface area contributed by atoms with E-state index in [4.69, 9.17) is 5.73 Å². The first-order chi connectivity index (χ1) is 9.99. The van der Waals surface area contributed by atoms with Crippen molar-refractivity contribution in [2.75, 3.05) is 6.54 Å². The monoisotopic (exact) mass is 343 g/mol. The third-order valence-corrected chi connectivity index (χ3v) is 5.70. The molecular formula is C15H22ClN3O2S. The van der Waals surface area contributed by atoms with Gasteiger partial charge in [0.05, 0.1) is 5.56 Å². The Bertz CT molecular complexity index is 649. The lowest BCUT2D eigenvalue weighted by Crippen LogP contribution is -2.44. The fraction of sp³-hybridized carbons (Fsp3) is 0.533. The highest BCUT2D eigenvalue weighted by atomic mass is 35.5. The molecule has 1 aromatic rings. The first-order valence-electron chi connectivity index (χ1n) is 7.21. The molecule has 0 spiro atoms. The molecule has 1 saturated carbocycles. The summed E-state index contributed by atoms with van der Waals surface area (Å²) in [4.78, 5) is 0.0430. The number of benzene rings is 1. The Balaban J connectivity index is 0.00000242. The zero-order valence-corrected chi connectivity index (χ0v) is 14.2. The topological polar surface area (TPSA) is 96.0 Å². The number of nitrogens with one attached hydrogen (secondary N) is 1. The second-order valence-electron chi connectivity index (χ2n) is 5.57. The van der Waals surface area contributed by atoms with Gasteiger partial charge in [-0.3, -0.25) is 0 Å². The van der Waals surface area contributed by atoms with E-state index in [2.05, 4.69) is 4.72 Å². The smallest absolute Gasteiger partial charge is 0.242 e. The minimum Gasteiger partial charge on any atom is -0.329 e. The Hall–Kier alpha value is -1.13. The van der Waals surface area contributed by atoms with Gasteiger partial charge in [0.2, 0.25) is 10.0 Å². The van der Waals surface area contributed by atoms with Crippen molar-refractivity contribution in [1.82, 2.24) is 4.72 Å². The van der Waals surface area contributed by atoms with Crippen LogP contribution in [-0.4, -0.2) is 21.0 Å². The maximum Gasteiger partial charge on any atom is 0.242 e. The van der Waals surface area contributed by atoms with Crippen LogP contribution in [0.5, 0.6) is 0 Å². The van der Waals surface area contributed by atoms with Gasteiger partial charge in [-0.25, -0.2) is 13.1 Å². The van der Waals surface area contributed by atoms with E-state index in [0.29, 0.717) is 11.5 Å². The van der Waals surface area contributed by atoms with Gasteiger partial charge in [0, 0.05) is 12.6 Å². The van der Waals surface area contributed by atoms with Crippen molar-refractivity contribution in [3.05, 3.63) is 29.3 Å². The lowest BCUT2D eigenvalue weighted by atomic mass is 9.99. The molecule has 22 heavy (non-hydrogen) atoms. The molecule has 5 nitrogen and oxygen atoms in total.